The third-order valence-electron chi connectivity index (χ3n) is 3.26. The van der Waals surface area contributed by atoms with Crippen LogP contribution in [0.15, 0.2) is 59.1 Å². The largest absolute Gasteiger partial charge is 0.508 e. The molecule has 1 heterocycles. The maximum absolute atomic E-state index is 12.8. The Balaban J connectivity index is 1.66. The van der Waals surface area contributed by atoms with Crippen molar-refractivity contribution in [3.05, 3.63) is 71.7 Å². The van der Waals surface area contributed by atoms with Crippen molar-refractivity contribution in [1.29, 1.82) is 0 Å². The van der Waals surface area contributed by atoms with Gasteiger partial charge in [-0.3, -0.25) is 4.79 Å². The Morgan fingerprint density at radius 2 is 1.83 bits per heavy atom. The van der Waals surface area contributed by atoms with Gasteiger partial charge >= 0.3 is 0 Å². The molecule has 0 radical (unpaired) electrons. The number of hydrogen-bond donors (Lipinski definition) is 2. The van der Waals surface area contributed by atoms with Crippen molar-refractivity contribution in [2.24, 2.45) is 0 Å². The van der Waals surface area contributed by atoms with Gasteiger partial charge < -0.3 is 14.9 Å². The Bertz CT molecular complexity index is 811. The minimum Gasteiger partial charge on any atom is -0.508 e. The van der Waals surface area contributed by atoms with E-state index in [1.54, 1.807) is 24.3 Å². The van der Waals surface area contributed by atoms with Crippen molar-refractivity contribution in [1.82, 2.24) is 10.5 Å². The molecule has 2 N–H and O–H groups in total. The summed E-state index contributed by atoms with van der Waals surface area (Å²) in [6.07, 6.45) is 0. The lowest BCUT2D eigenvalue weighted by molar-refractivity contribution is 0.0942. The Hall–Kier alpha value is -3.15. The molecule has 0 saturated carbocycles. The van der Waals surface area contributed by atoms with E-state index in [1.807, 2.05) is 0 Å². The monoisotopic (exact) mass is 312 g/mol. The molecular weight excluding hydrogens is 299 g/mol. The minimum atomic E-state index is -0.386. The Labute approximate surface area is 131 Å². The van der Waals surface area contributed by atoms with Gasteiger partial charge in [0.05, 0.1) is 0 Å². The molecule has 23 heavy (non-hydrogen) atoms. The minimum absolute atomic E-state index is 0.144. The van der Waals surface area contributed by atoms with Crippen LogP contribution in [0.5, 0.6) is 5.75 Å². The van der Waals surface area contributed by atoms with Gasteiger partial charge in [0.15, 0.2) is 11.5 Å². The summed E-state index contributed by atoms with van der Waals surface area (Å²) in [5.74, 6) is -0.138. The molecule has 1 aromatic heterocycles. The standard InChI is InChI=1S/C17H13FN2O3/c18-13-5-1-11(2-6-13)10-19-17(22)15-9-16(23-20-15)12-3-7-14(21)8-4-12/h1-9,21H,10H2,(H,19,22). The Morgan fingerprint density at radius 1 is 1.13 bits per heavy atom. The van der Waals surface area contributed by atoms with Crippen molar-refractivity contribution in [2.75, 3.05) is 0 Å². The molecule has 2 aromatic carbocycles. The number of carbonyl (C=O) groups is 1. The zero-order chi connectivity index (χ0) is 16.2. The van der Waals surface area contributed by atoms with E-state index in [0.717, 1.165) is 5.56 Å². The summed E-state index contributed by atoms with van der Waals surface area (Å²) in [5, 5.41) is 15.7. The number of amides is 1. The molecule has 0 bridgehead atoms. The highest BCUT2D eigenvalue weighted by Gasteiger charge is 2.13. The average Bonchev–Trinajstić information content (AvgIpc) is 3.05. The predicted octanol–water partition coefficient (Wildman–Crippen LogP) is 3.12. The molecule has 0 fully saturated rings. The maximum atomic E-state index is 12.8. The van der Waals surface area contributed by atoms with Crippen molar-refractivity contribution in [3.63, 3.8) is 0 Å². The highest BCUT2D eigenvalue weighted by Crippen LogP contribution is 2.22. The van der Waals surface area contributed by atoms with Gasteiger partial charge in [-0.2, -0.15) is 0 Å². The number of phenols is 1. The summed E-state index contributed by atoms with van der Waals surface area (Å²) in [4.78, 5) is 12.0. The number of halogens is 1. The molecule has 116 valence electrons. The first kappa shape index (κ1) is 14.8. The van der Waals surface area contributed by atoms with Crippen LogP contribution >= 0.6 is 0 Å². The Kier molecular flexibility index (Phi) is 4.05. The van der Waals surface area contributed by atoms with Crippen LogP contribution in [0.3, 0.4) is 0 Å². The molecule has 6 heteroatoms. The van der Waals surface area contributed by atoms with E-state index < -0.39 is 0 Å². The van der Waals surface area contributed by atoms with E-state index >= 15 is 0 Å². The van der Waals surface area contributed by atoms with Gasteiger partial charge in [-0.1, -0.05) is 17.3 Å². The molecular formula is C17H13FN2O3. The van der Waals surface area contributed by atoms with Crippen LogP contribution in [-0.2, 0) is 6.54 Å². The first-order valence-corrected chi connectivity index (χ1v) is 6.90. The van der Waals surface area contributed by atoms with E-state index in [2.05, 4.69) is 10.5 Å². The van der Waals surface area contributed by atoms with E-state index in [-0.39, 0.29) is 29.7 Å². The predicted molar refractivity (Wildman–Crippen MR) is 81.2 cm³/mol. The summed E-state index contributed by atoms with van der Waals surface area (Å²) in [6.45, 7) is 0.264. The van der Waals surface area contributed by atoms with E-state index in [9.17, 15) is 14.3 Å². The van der Waals surface area contributed by atoms with Crippen LogP contribution in [0.25, 0.3) is 11.3 Å². The summed E-state index contributed by atoms with van der Waals surface area (Å²) in [7, 11) is 0. The fraction of sp³-hybridized carbons (Fsp3) is 0.0588. The molecule has 0 aliphatic rings. The lowest BCUT2D eigenvalue weighted by Crippen LogP contribution is -2.23. The summed E-state index contributed by atoms with van der Waals surface area (Å²) in [5.41, 5.74) is 1.63. The smallest absolute Gasteiger partial charge is 0.273 e. The topological polar surface area (TPSA) is 75.4 Å². The third kappa shape index (κ3) is 3.55. The molecule has 0 aliphatic heterocycles. The number of nitrogens with zero attached hydrogens (tertiary/aromatic N) is 1. The second kappa shape index (κ2) is 6.31. The molecule has 0 aliphatic carbocycles. The van der Waals surface area contributed by atoms with E-state index in [0.29, 0.717) is 11.3 Å². The number of benzene rings is 2. The number of hydrogen-bond acceptors (Lipinski definition) is 4. The molecule has 3 aromatic rings. The lowest BCUT2D eigenvalue weighted by atomic mass is 10.1. The van der Waals surface area contributed by atoms with Crippen molar-refractivity contribution >= 4 is 5.91 Å². The van der Waals surface area contributed by atoms with Crippen LogP contribution in [0, 0.1) is 5.82 Å². The number of rotatable bonds is 4. The van der Waals surface area contributed by atoms with Gasteiger partial charge in [0.2, 0.25) is 0 Å². The second-order valence-electron chi connectivity index (χ2n) is 4.93. The summed E-state index contributed by atoms with van der Waals surface area (Å²) in [6, 6.07) is 13.7. The normalized spacial score (nSPS) is 10.5. The third-order valence-corrected chi connectivity index (χ3v) is 3.26. The fourth-order valence-corrected chi connectivity index (χ4v) is 2.02. The Morgan fingerprint density at radius 3 is 2.52 bits per heavy atom. The van der Waals surface area contributed by atoms with Crippen molar-refractivity contribution in [2.45, 2.75) is 6.54 Å². The fourth-order valence-electron chi connectivity index (χ4n) is 2.02. The van der Waals surface area contributed by atoms with Gasteiger partial charge in [0.1, 0.15) is 11.6 Å². The molecule has 0 saturated heterocycles. The quantitative estimate of drug-likeness (QED) is 0.776. The SMILES string of the molecule is O=C(NCc1ccc(F)cc1)c1cc(-c2ccc(O)cc2)on1. The summed E-state index contributed by atoms with van der Waals surface area (Å²) < 4.78 is 18.0. The molecule has 1 amide bonds. The summed E-state index contributed by atoms with van der Waals surface area (Å²) >= 11 is 0. The van der Waals surface area contributed by atoms with Crippen LogP contribution in [0.4, 0.5) is 4.39 Å². The average molecular weight is 312 g/mol. The van der Waals surface area contributed by atoms with Crippen LogP contribution < -0.4 is 5.32 Å². The maximum Gasteiger partial charge on any atom is 0.273 e. The number of nitrogens with one attached hydrogen (secondary N) is 1. The number of phenolic OH excluding ortho intramolecular Hbond substituents is 1. The van der Waals surface area contributed by atoms with Gasteiger partial charge in [0, 0.05) is 18.2 Å². The van der Waals surface area contributed by atoms with Crippen molar-refractivity contribution in [3.8, 4) is 17.1 Å². The highest BCUT2D eigenvalue weighted by molar-refractivity contribution is 5.93. The molecule has 0 atom stereocenters. The van der Waals surface area contributed by atoms with E-state index in [1.165, 1.54) is 30.3 Å². The highest BCUT2D eigenvalue weighted by atomic mass is 19.1. The second-order valence-corrected chi connectivity index (χ2v) is 4.93. The number of carbonyl (C=O) groups excluding carboxylic acids is 1. The van der Waals surface area contributed by atoms with Gasteiger partial charge in [-0.25, -0.2) is 4.39 Å². The zero-order valence-corrected chi connectivity index (χ0v) is 12.0. The van der Waals surface area contributed by atoms with Gasteiger partial charge in [0.25, 0.3) is 5.91 Å². The number of aromatic nitrogens is 1. The van der Waals surface area contributed by atoms with Gasteiger partial charge in [-0.15, -0.1) is 0 Å². The first-order chi connectivity index (χ1) is 11.1. The van der Waals surface area contributed by atoms with Crippen LogP contribution in [0.1, 0.15) is 16.1 Å². The first-order valence-electron chi connectivity index (χ1n) is 6.90. The molecule has 5 nitrogen and oxygen atoms in total. The van der Waals surface area contributed by atoms with Crippen LogP contribution in [-0.4, -0.2) is 16.2 Å². The number of aromatic hydroxyl groups is 1. The van der Waals surface area contributed by atoms with Gasteiger partial charge in [-0.05, 0) is 42.0 Å². The molecule has 0 unspecified atom stereocenters. The van der Waals surface area contributed by atoms with E-state index in [4.69, 9.17) is 4.52 Å². The van der Waals surface area contributed by atoms with Crippen LogP contribution in [0.2, 0.25) is 0 Å². The van der Waals surface area contributed by atoms with Crippen molar-refractivity contribution < 1.29 is 18.8 Å². The zero-order valence-electron chi connectivity index (χ0n) is 12.0. The molecule has 0 spiro atoms. The lowest BCUT2D eigenvalue weighted by Gasteiger charge is -2.02. The molecule has 3 rings (SSSR count).